The van der Waals surface area contributed by atoms with Crippen molar-refractivity contribution in [3.8, 4) is 0 Å². The van der Waals surface area contributed by atoms with Crippen molar-refractivity contribution in [1.29, 1.82) is 0 Å². The van der Waals surface area contributed by atoms with E-state index in [1.165, 1.54) is 19.3 Å². The van der Waals surface area contributed by atoms with E-state index >= 15 is 0 Å². The molecule has 4 nitrogen and oxygen atoms in total. The van der Waals surface area contributed by atoms with Gasteiger partial charge >= 0.3 is 0 Å². The van der Waals surface area contributed by atoms with Crippen LogP contribution < -0.4 is 5.73 Å². The van der Waals surface area contributed by atoms with Crippen molar-refractivity contribution in [3.63, 3.8) is 0 Å². The zero-order chi connectivity index (χ0) is 11.1. The van der Waals surface area contributed by atoms with Crippen molar-refractivity contribution in [2.75, 3.05) is 32.9 Å². The monoisotopic (exact) mass is 216 g/mol. The summed E-state index contributed by atoms with van der Waals surface area (Å²) in [6.45, 7) is 5.17. The van der Waals surface area contributed by atoms with Gasteiger partial charge in [0.2, 0.25) is 0 Å². The molecular weight excluding hydrogens is 192 g/mol. The van der Waals surface area contributed by atoms with Crippen molar-refractivity contribution >= 4 is 0 Å². The van der Waals surface area contributed by atoms with Gasteiger partial charge < -0.3 is 15.6 Å². The maximum Gasteiger partial charge on any atom is 0.0698 e. The molecule has 2 unspecified atom stereocenters. The summed E-state index contributed by atoms with van der Waals surface area (Å²) in [7, 11) is 0. The molecule has 0 saturated carbocycles. The molecule has 0 spiro atoms. The Balaban J connectivity index is 2.27. The summed E-state index contributed by atoms with van der Waals surface area (Å²) in [5, 5.41) is 8.59. The third-order valence-corrected chi connectivity index (χ3v) is 3.20. The first-order chi connectivity index (χ1) is 7.29. The average Bonchev–Trinajstić information content (AvgIpc) is 2.26. The van der Waals surface area contributed by atoms with Gasteiger partial charge in [-0.25, -0.2) is 0 Å². The van der Waals surface area contributed by atoms with E-state index in [4.69, 9.17) is 15.6 Å². The van der Waals surface area contributed by atoms with E-state index in [0.29, 0.717) is 25.3 Å². The first-order valence-corrected chi connectivity index (χ1v) is 5.94. The summed E-state index contributed by atoms with van der Waals surface area (Å²) in [5.41, 5.74) is 5.76. The van der Waals surface area contributed by atoms with E-state index in [2.05, 4.69) is 11.8 Å². The lowest BCUT2D eigenvalue weighted by Crippen LogP contribution is -2.50. The molecular formula is C11H24N2O2. The van der Waals surface area contributed by atoms with Gasteiger partial charge in [0.25, 0.3) is 0 Å². The fourth-order valence-corrected chi connectivity index (χ4v) is 2.33. The lowest BCUT2D eigenvalue weighted by molar-refractivity contribution is 0.0349. The molecule has 15 heavy (non-hydrogen) atoms. The second-order valence-corrected chi connectivity index (χ2v) is 4.24. The van der Waals surface area contributed by atoms with Crippen molar-refractivity contribution in [2.24, 2.45) is 5.73 Å². The van der Waals surface area contributed by atoms with Crippen LogP contribution in [0, 0.1) is 0 Å². The largest absolute Gasteiger partial charge is 0.394 e. The van der Waals surface area contributed by atoms with E-state index in [1.54, 1.807) is 0 Å². The quantitative estimate of drug-likeness (QED) is 0.623. The predicted molar refractivity (Wildman–Crippen MR) is 60.8 cm³/mol. The number of piperidine rings is 1. The van der Waals surface area contributed by atoms with E-state index < -0.39 is 0 Å². The molecule has 1 rings (SSSR count). The Morgan fingerprint density at radius 3 is 2.87 bits per heavy atom. The minimum Gasteiger partial charge on any atom is -0.394 e. The Bertz CT molecular complexity index is 167. The van der Waals surface area contributed by atoms with Crippen LogP contribution in [0.5, 0.6) is 0 Å². The molecule has 1 fully saturated rings. The molecule has 4 heteroatoms. The Morgan fingerprint density at radius 1 is 1.40 bits per heavy atom. The number of aliphatic hydroxyl groups excluding tert-OH is 1. The molecule has 0 aliphatic carbocycles. The normalized spacial score (nSPS) is 28.2. The molecule has 3 N–H and O–H groups in total. The van der Waals surface area contributed by atoms with Gasteiger partial charge in [-0.15, -0.1) is 0 Å². The lowest BCUT2D eigenvalue weighted by atomic mass is 9.96. The third kappa shape index (κ3) is 4.07. The van der Waals surface area contributed by atoms with Crippen LogP contribution in [0.2, 0.25) is 0 Å². The third-order valence-electron chi connectivity index (χ3n) is 3.20. The summed E-state index contributed by atoms with van der Waals surface area (Å²) < 4.78 is 5.29. The highest BCUT2D eigenvalue weighted by atomic mass is 16.5. The van der Waals surface area contributed by atoms with Gasteiger partial charge in [0.15, 0.2) is 0 Å². The molecule has 2 atom stereocenters. The second kappa shape index (κ2) is 7.17. The molecule has 1 saturated heterocycles. The summed E-state index contributed by atoms with van der Waals surface area (Å²) in [5.74, 6) is 0. The smallest absolute Gasteiger partial charge is 0.0698 e. The van der Waals surface area contributed by atoms with E-state index in [1.807, 2.05) is 0 Å². The van der Waals surface area contributed by atoms with E-state index in [-0.39, 0.29) is 6.61 Å². The Morgan fingerprint density at radius 2 is 2.20 bits per heavy atom. The number of nitrogens with zero attached hydrogens (tertiary/aromatic N) is 1. The Kier molecular flexibility index (Phi) is 6.17. The fourth-order valence-electron chi connectivity index (χ4n) is 2.33. The molecule has 0 bridgehead atoms. The number of aliphatic hydroxyl groups is 1. The van der Waals surface area contributed by atoms with Crippen molar-refractivity contribution in [1.82, 2.24) is 4.90 Å². The number of hydrogen-bond donors (Lipinski definition) is 2. The van der Waals surface area contributed by atoms with Crippen LogP contribution in [0.3, 0.4) is 0 Å². The molecule has 1 aliphatic heterocycles. The van der Waals surface area contributed by atoms with Crippen molar-refractivity contribution in [2.45, 2.75) is 38.3 Å². The van der Waals surface area contributed by atoms with Crippen LogP contribution in [0.4, 0.5) is 0 Å². The van der Waals surface area contributed by atoms with Crippen molar-refractivity contribution < 1.29 is 9.84 Å². The summed E-state index contributed by atoms with van der Waals surface area (Å²) >= 11 is 0. The topological polar surface area (TPSA) is 58.7 Å². The van der Waals surface area contributed by atoms with Gasteiger partial charge in [0, 0.05) is 25.2 Å². The van der Waals surface area contributed by atoms with Gasteiger partial charge in [-0.2, -0.15) is 0 Å². The average molecular weight is 216 g/mol. The van der Waals surface area contributed by atoms with Gasteiger partial charge in [-0.3, -0.25) is 4.90 Å². The summed E-state index contributed by atoms with van der Waals surface area (Å²) in [6.07, 6.45) is 3.76. The van der Waals surface area contributed by atoms with Crippen LogP contribution in [-0.4, -0.2) is 55.0 Å². The zero-order valence-electron chi connectivity index (χ0n) is 9.69. The van der Waals surface area contributed by atoms with Gasteiger partial charge in [-0.1, -0.05) is 6.42 Å². The number of nitrogens with two attached hydrogens (primary N) is 1. The highest BCUT2D eigenvalue weighted by Gasteiger charge is 2.26. The predicted octanol–water partition coefficient (Wildman–Crippen LogP) is 0.197. The van der Waals surface area contributed by atoms with E-state index in [9.17, 15) is 0 Å². The molecule has 90 valence electrons. The summed E-state index contributed by atoms with van der Waals surface area (Å²) in [4.78, 5) is 2.45. The maximum absolute atomic E-state index is 8.59. The molecule has 0 aromatic heterocycles. The molecule has 1 heterocycles. The van der Waals surface area contributed by atoms with Crippen LogP contribution in [0.1, 0.15) is 26.2 Å². The highest BCUT2D eigenvalue weighted by molar-refractivity contribution is 4.82. The Labute approximate surface area is 92.4 Å². The van der Waals surface area contributed by atoms with Crippen LogP contribution in [0.15, 0.2) is 0 Å². The lowest BCUT2D eigenvalue weighted by Gasteiger charge is -2.40. The summed E-state index contributed by atoms with van der Waals surface area (Å²) in [6, 6.07) is 1.14. The standard InChI is InChI=1S/C11H24N2O2/c1-10-3-2-4-11(9-12)13(10)5-7-15-8-6-14/h10-11,14H,2-9,12H2,1H3. The Hall–Kier alpha value is -0.160. The molecule has 0 aromatic rings. The number of likely N-dealkylation sites (tertiary alicyclic amines) is 1. The van der Waals surface area contributed by atoms with Crippen LogP contribution in [0.25, 0.3) is 0 Å². The second-order valence-electron chi connectivity index (χ2n) is 4.24. The molecule has 0 amide bonds. The minimum atomic E-state index is 0.107. The zero-order valence-corrected chi connectivity index (χ0v) is 9.69. The van der Waals surface area contributed by atoms with Crippen LogP contribution >= 0.6 is 0 Å². The van der Waals surface area contributed by atoms with Gasteiger partial charge in [0.05, 0.1) is 19.8 Å². The minimum absolute atomic E-state index is 0.107. The van der Waals surface area contributed by atoms with Gasteiger partial charge in [0.1, 0.15) is 0 Å². The first kappa shape index (κ1) is 12.9. The van der Waals surface area contributed by atoms with E-state index in [0.717, 1.165) is 13.1 Å². The molecule has 0 aromatic carbocycles. The molecule has 1 aliphatic rings. The SMILES string of the molecule is CC1CCCC(CN)N1CCOCCO. The van der Waals surface area contributed by atoms with Gasteiger partial charge in [-0.05, 0) is 19.8 Å². The highest BCUT2D eigenvalue weighted by Crippen LogP contribution is 2.21. The van der Waals surface area contributed by atoms with Crippen molar-refractivity contribution in [3.05, 3.63) is 0 Å². The fraction of sp³-hybridized carbons (Fsp3) is 1.00. The number of hydrogen-bond acceptors (Lipinski definition) is 4. The first-order valence-electron chi connectivity index (χ1n) is 5.94. The number of ether oxygens (including phenoxy) is 1. The number of rotatable bonds is 6. The molecule has 0 radical (unpaired) electrons. The maximum atomic E-state index is 8.59. The van der Waals surface area contributed by atoms with Crippen LogP contribution in [-0.2, 0) is 4.74 Å².